The van der Waals surface area contributed by atoms with Crippen LogP contribution in [0.25, 0.3) is 11.0 Å². The molecule has 0 spiro atoms. The molecule has 0 amide bonds. The number of carbonyl (C=O) groups is 1. The minimum atomic E-state index is -1.04. The Morgan fingerprint density at radius 3 is 3.08 bits per heavy atom. The van der Waals surface area contributed by atoms with Gasteiger partial charge in [-0.25, -0.2) is 14.5 Å². The van der Waals surface area contributed by atoms with Crippen molar-refractivity contribution in [2.45, 2.75) is 0 Å². The Morgan fingerprint density at radius 2 is 2.38 bits per heavy atom. The first-order valence-corrected chi connectivity index (χ1v) is 3.62. The largest absolute Gasteiger partial charge is 0.711 e. The molecule has 0 aliphatic carbocycles. The maximum absolute atomic E-state index is 11.1. The third-order valence-electron chi connectivity index (χ3n) is 1.83. The lowest BCUT2D eigenvalue weighted by Crippen LogP contribution is -2.25. The number of aromatic carboxylic acids is 1. The second-order valence-corrected chi connectivity index (χ2v) is 2.60. The van der Waals surface area contributed by atoms with E-state index < -0.39 is 5.97 Å². The lowest BCUT2D eigenvalue weighted by molar-refractivity contribution is -0.579. The summed E-state index contributed by atoms with van der Waals surface area (Å²) in [6.45, 7) is 0. The number of carboxylic acid groups (broad SMARTS) is 1. The minimum Gasteiger partial charge on any atom is -0.711 e. The molecule has 13 heavy (non-hydrogen) atoms. The summed E-state index contributed by atoms with van der Waals surface area (Å²) in [7, 11) is 0. The van der Waals surface area contributed by atoms with Crippen LogP contribution in [0.1, 0.15) is 10.4 Å². The first kappa shape index (κ1) is 7.60. The predicted octanol–water partition coefficient (Wildman–Crippen LogP) is 0.499. The van der Waals surface area contributed by atoms with Gasteiger partial charge in [0.2, 0.25) is 0 Å². The van der Waals surface area contributed by atoms with Crippen LogP contribution in [0.2, 0.25) is 0 Å². The minimum absolute atomic E-state index is 0.111. The molecular weight excluding hydrogens is 172 g/mol. The normalized spacial score (nSPS) is 10.5. The highest BCUT2D eigenvalue weighted by Crippen LogP contribution is 2.13. The number of hydrogen-bond donors (Lipinski definition) is 2. The Balaban J connectivity index is 2.83. The topological polar surface area (TPSA) is 80.0 Å². The quantitative estimate of drug-likeness (QED) is 0.492. The summed E-state index contributed by atoms with van der Waals surface area (Å²) in [6.07, 6.45) is 2.62. The molecule has 2 aromatic rings. The van der Waals surface area contributed by atoms with E-state index in [0.29, 0.717) is 10.1 Å². The molecule has 2 N–H and O–H groups in total. The third kappa shape index (κ3) is 1.01. The number of rotatable bonds is 1. The second kappa shape index (κ2) is 2.48. The summed E-state index contributed by atoms with van der Waals surface area (Å²) < 4.78 is 0.599. The zero-order valence-electron chi connectivity index (χ0n) is 6.52. The number of H-pyrrole nitrogens is 1. The van der Waals surface area contributed by atoms with E-state index in [1.807, 2.05) is 0 Å². The van der Waals surface area contributed by atoms with Crippen LogP contribution in [0.3, 0.4) is 0 Å². The zero-order valence-corrected chi connectivity index (χ0v) is 6.52. The number of aromatic nitrogens is 2. The van der Waals surface area contributed by atoms with Gasteiger partial charge in [-0.3, -0.25) is 0 Å². The smallest absolute Gasteiger partial charge is 0.340 e. The van der Waals surface area contributed by atoms with Gasteiger partial charge in [0.25, 0.3) is 5.65 Å². The molecule has 0 atom stereocenters. The van der Waals surface area contributed by atoms with Crippen LogP contribution in [0, 0.1) is 5.21 Å². The lowest BCUT2D eigenvalue weighted by atomic mass is 10.2. The van der Waals surface area contributed by atoms with Gasteiger partial charge in [0.05, 0.1) is 11.6 Å². The van der Waals surface area contributed by atoms with Crippen molar-refractivity contribution in [3.8, 4) is 0 Å². The third-order valence-corrected chi connectivity index (χ3v) is 1.83. The molecule has 0 radical (unpaired) electrons. The molecule has 0 fully saturated rings. The fraction of sp³-hybridized carbons (Fsp3) is 0. The molecule has 0 saturated carbocycles. The van der Waals surface area contributed by atoms with Crippen LogP contribution in [-0.4, -0.2) is 16.1 Å². The van der Waals surface area contributed by atoms with E-state index in [1.165, 1.54) is 18.5 Å². The highest BCUT2D eigenvalue weighted by molar-refractivity contribution is 6.01. The number of pyridine rings is 1. The van der Waals surface area contributed by atoms with E-state index in [1.54, 1.807) is 6.07 Å². The maximum atomic E-state index is 11.1. The van der Waals surface area contributed by atoms with Crippen LogP contribution in [-0.2, 0) is 0 Å². The van der Waals surface area contributed by atoms with Crippen LogP contribution >= 0.6 is 0 Å². The summed E-state index contributed by atoms with van der Waals surface area (Å²) in [5, 5.41) is 20.3. The van der Waals surface area contributed by atoms with Crippen LogP contribution < -0.4 is 4.73 Å². The Morgan fingerprint density at radius 1 is 1.62 bits per heavy atom. The molecule has 0 aliphatic rings. The molecule has 0 aromatic carbocycles. The van der Waals surface area contributed by atoms with Gasteiger partial charge >= 0.3 is 5.97 Å². The van der Waals surface area contributed by atoms with Crippen molar-refractivity contribution >= 4 is 17.0 Å². The number of nitrogens with one attached hydrogen (secondary N) is 1. The van der Waals surface area contributed by atoms with Crippen LogP contribution in [0.5, 0.6) is 0 Å². The summed E-state index contributed by atoms with van der Waals surface area (Å²) in [5.41, 5.74) is 0.375. The van der Waals surface area contributed by atoms with Crippen LogP contribution in [0.4, 0.5) is 0 Å². The van der Waals surface area contributed by atoms with Gasteiger partial charge in [-0.15, -0.1) is 0 Å². The number of aromatic amines is 1. The molecule has 2 rings (SSSR count). The summed E-state index contributed by atoms with van der Waals surface area (Å²) >= 11 is 0. The van der Waals surface area contributed by atoms with Gasteiger partial charge < -0.3 is 10.3 Å². The first-order valence-electron chi connectivity index (χ1n) is 3.62. The van der Waals surface area contributed by atoms with E-state index >= 15 is 0 Å². The summed E-state index contributed by atoms with van der Waals surface area (Å²) in [4.78, 5) is 13.3. The van der Waals surface area contributed by atoms with E-state index in [0.717, 1.165) is 0 Å². The van der Waals surface area contributed by atoms with Gasteiger partial charge in [-0.1, -0.05) is 0 Å². The monoisotopic (exact) mass is 178 g/mol. The molecule has 5 heteroatoms. The standard InChI is InChI=1S/C8H6N2O3/c11-8(12)6-4-9-7-5(6)2-1-3-10(7)13/h1-4,9H,(H,11,12). The molecule has 0 bridgehead atoms. The van der Waals surface area contributed by atoms with E-state index in [2.05, 4.69) is 4.98 Å². The summed E-state index contributed by atoms with van der Waals surface area (Å²) in [5.74, 6) is -1.04. The van der Waals surface area contributed by atoms with Crippen LogP contribution in [0.15, 0.2) is 24.5 Å². The van der Waals surface area contributed by atoms with Crippen molar-refractivity contribution in [1.29, 1.82) is 0 Å². The lowest BCUT2D eigenvalue weighted by Gasteiger charge is -1.99. The number of hydrogen-bond acceptors (Lipinski definition) is 2. The van der Waals surface area contributed by atoms with Gasteiger partial charge in [-0.2, -0.15) is 0 Å². The Kier molecular flexibility index (Phi) is 1.45. The van der Waals surface area contributed by atoms with Crippen molar-refractivity contribution in [3.63, 3.8) is 0 Å². The van der Waals surface area contributed by atoms with Gasteiger partial charge in [-0.05, 0) is 12.1 Å². The molecule has 2 aromatic heterocycles. The van der Waals surface area contributed by atoms with E-state index in [-0.39, 0.29) is 11.2 Å². The average Bonchev–Trinajstić information content (AvgIpc) is 2.48. The van der Waals surface area contributed by atoms with Crippen molar-refractivity contribution in [1.82, 2.24) is 4.98 Å². The fourth-order valence-electron chi connectivity index (χ4n) is 1.24. The molecule has 5 nitrogen and oxygen atoms in total. The van der Waals surface area contributed by atoms with Crippen molar-refractivity contribution < 1.29 is 14.6 Å². The predicted molar refractivity (Wildman–Crippen MR) is 44.2 cm³/mol. The zero-order chi connectivity index (χ0) is 9.42. The Bertz CT molecular complexity index is 475. The first-order chi connectivity index (χ1) is 6.20. The van der Waals surface area contributed by atoms with Crippen molar-refractivity contribution in [2.75, 3.05) is 0 Å². The van der Waals surface area contributed by atoms with Crippen molar-refractivity contribution in [2.24, 2.45) is 0 Å². The molecular formula is C8H6N2O3. The van der Waals surface area contributed by atoms with E-state index in [4.69, 9.17) is 5.11 Å². The Hall–Kier alpha value is -2.04. The van der Waals surface area contributed by atoms with Crippen molar-refractivity contribution in [3.05, 3.63) is 35.3 Å². The molecule has 0 aliphatic heterocycles. The highest BCUT2D eigenvalue weighted by atomic mass is 16.5. The summed E-state index contributed by atoms with van der Waals surface area (Å²) in [6, 6.07) is 3.10. The van der Waals surface area contributed by atoms with Gasteiger partial charge in [0.1, 0.15) is 11.8 Å². The fourth-order valence-corrected chi connectivity index (χ4v) is 1.24. The second-order valence-electron chi connectivity index (χ2n) is 2.60. The Labute approximate surface area is 72.8 Å². The molecule has 0 unspecified atom stereocenters. The molecule has 66 valence electrons. The number of nitrogens with zero attached hydrogens (tertiary/aromatic N) is 1. The number of fused-ring (bicyclic) bond motifs is 1. The van der Waals surface area contributed by atoms with Gasteiger partial charge in [0, 0.05) is 0 Å². The molecule has 2 heterocycles. The van der Waals surface area contributed by atoms with Gasteiger partial charge in [0.15, 0.2) is 0 Å². The maximum Gasteiger partial charge on any atom is 0.340 e. The van der Waals surface area contributed by atoms with E-state index in [9.17, 15) is 10.0 Å². The average molecular weight is 178 g/mol. The number of carboxylic acids is 1. The SMILES string of the molecule is O=C(O)c1c[nH]c2c1ccc[n+]2[O-]. The highest BCUT2D eigenvalue weighted by Gasteiger charge is 2.15. The molecule has 0 saturated heterocycles.